The van der Waals surface area contributed by atoms with Crippen LogP contribution in [0, 0.1) is 0 Å². The van der Waals surface area contributed by atoms with Gasteiger partial charge in [-0.15, -0.1) is 0 Å². The fourth-order valence-corrected chi connectivity index (χ4v) is 2.97. The largest absolute Gasteiger partial charge is 0.277 e. The second-order valence-corrected chi connectivity index (χ2v) is 6.44. The SMILES string of the molecule is CCc1ccc(CC(=O)NOC)cc1.CCc1ccc2c(c1)N(OC)C(=O)C2. The van der Waals surface area contributed by atoms with Gasteiger partial charge in [0.1, 0.15) is 0 Å². The van der Waals surface area contributed by atoms with E-state index in [-0.39, 0.29) is 11.8 Å². The third kappa shape index (κ3) is 5.65. The molecule has 1 aliphatic rings. The van der Waals surface area contributed by atoms with Gasteiger partial charge in [-0.25, -0.2) is 5.48 Å². The highest BCUT2D eigenvalue weighted by molar-refractivity contribution is 5.99. The highest BCUT2D eigenvalue weighted by Gasteiger charge is 2.27. The van der Waals surface area contributed by atoms with Crippen molar-refractivity contribution >= 4 is 17.5 Å². The number of benzene rings is 2. The lowest BCUT2D eigenvalue weighted by Crippen LogP contribution is -2.24. The Kier molecular flexibility index (Phi) is 8.17. The number of anilines is 1. The first-order valence-electron chi connectivity index (χ1n) is 9.40. The molecule has 0 bridgehead atoms. The van der Waals surface area contributed by atoms with Crippen molar-refractivity contribution in [2.24, 2.45) is 0 Å². The van der Waals surface area contributed by atoms with Gasteiger partial charge in [-0.1, -0.05) is 50.2 Å². The van der Waals surface area contributed by atoms with Crippen LogP contribution in [-0.2, 0) is 44.9 Å². The van der Waals surface area contributed by atoms with E-state index >= 15 is 0 Å². The van der Waals surface area contributed by atoms with E-state index in [9.17, 15) is 9.59 Å². The van der Waals surface area contributed by atoms with E-state index in [0.717, 1.165) is 29.7 Å². The number of rotatable bonds is 6. The number of aryl methyl sites for hydroxylation is 2. The molecule has 0 spiro atoms. The number of fused-ring (bicyclic) bond motifs is 1. The van der Waals surface area contributed by atoms with Crippen LogP contribution in [0.25, 0.3) is 0 Å². The van der Waals surface area contributed by atoms with Crippen molar-refractivity contribution in [1.29, 1.82) is 0 Å². The van der Waals surface area contributed by atoms with Crippen LogP contribution in [0.3, 0.4) is 0 Å². The average molecular weight is 384 g/mol. The van der Waals surface area contributed by atoms with Gasteiger partial charge in [-0.2, -0.15) is 5.06 Å². The van der Waals surface area contributed by atoms with Crippen LogP contribution in [0.15, 0.2) is 42.5 Å². The van der Waals surface area contributed by atoms with Gasteiger partial charge in [0.25, 0.3) is 5.91 Å². The Morgan fingerprint density at radius 1 is 1.00 bits per heavy atom. The molecular formula is C22H28N2O4. The van der Waals surface area contributed by atoms with Gasteiger partial charge in [0.2, 0.25) is 5.91 Å². The van der Waals surface area contributed by atoms with Crippen molar-refractivity contribution in [2.75, 3.05) is 19.3 Å². The molecule has 0 saturated heterocycles. The highest BCUT2D eigenvalue weighted by Crippen LogP contribution is 2.29. The molecule has 1 heterocycles. The lowest BCUT2D eigenvalue weighted by molar-refractivity contribution is -0.130. The van der Waals surface area contributed by atoms with Crippen LogP contribution in [-0.4, -0.2) is 26.0 Å². The summed E-state index contributed by atoms with van der Waals surface area (Å²) >= 11 is 0. The lowest BCUT2D eigenvalue weighted by atomic mass is 10.1. The number of hydrogen-bond donors (Lipinski definition) is 1. The fourth-order valence-electron chi connectivity index (χ4n) is 2.97. The first-order chi connectivity index (χ1) is 13.5. The number of carbonyl (C=O) groups excluding carboxylic acids is 2. The Hall–Kier alpha value is -2.70. The van der Waals surface area contributed by atoms with Crippen molar-refractivity contribution in [3.63, 3.8) is 0 Å². The van der Waals surface area contributed by atoms with Crippen LogP contribution in [0.4, 0.5) is 5.69 Å². The van der Waals surface area contributed by atoms with Gasteiger partial charge in [0.05, 0.1) is 32.7 Å². The molecule has 0 aliphatic carbocycles. The molecule has 0 fully saturated rings. The summed E-state index contributed by atoms with van der Waals surface area (Å²) in [7, 11) is 2.95. The van der Waals surface area contributed by atoms with Crippen molar-refractivity contribution in [1.82, 2.24) is 5.48 Å². The number of carbonyl (C=O) groups is 2. The second-order valence-electron chi connectivity index (χ2n) is 6.44. The summed E-state index contributed by atoms with van der Waals surface area (Å²) in [5.41, 5.74) is 7.73. The summed E-state index contributed by atoms with van der Waals surface area (Å²) < 4.78 is 0. The molecule has 3 rings (SSSR count). The first kappa shape index (κ1) is 21.6. The summed E-state index contributed by atoms with van der Waals surface area (Å²) in [5.74, 6) is -0.118. The van der Waals surface area contributed by atoms with Crippen molar-refractivity contribution in [3.05, 3.63) is 64.7 Å². The molecule has 6 nitrogen and oxygen atoms in total. The number of amides is 2. The molecule has 0 atom stereocenters. The summed E-state index contributed by atoms with van der Waals surface area (Å²) in [6.45, 7) is 4.20. The second kappa shape index (κ2) is 10.6. The first-order valence-corrected chi connectivity index (χ1v) is 9.40. The Balaban J connectivity index is 0.000000200. The third-order valence-corrected chi connectivity index (χ3v) is 4.54. The number of hydrogen-bond acceptors (Lipinski definition) is 4. The summed E-state index contributed by atoms with van der Waals surface area (Å²) in [4.78, 5) is 32.1. The molecular weight excluding hydrogens is 356 g/mol. The summed E-state index contributed by atoms with van der Waals surface area (Å²) in [6.07, 6.45) is 2.80. The van der Waals surface area contributed by atoms with E-state index < -0.39 is 0 Å². The zero-order valence-corrected chi connectivity index (χ0v) is 17.0. The van der Waals surface area contributed by atoms with E-state index in [0.29, 0.717) is 12.8 Å². The van der Waals surface area contributed by atoms with Gasteiger partial charge in [-0.3, -0.25) is 19.3 Å². The predicted molar refractivity (Wildman–Crippen MR) is 109 cm³/mol. The van der Waals surface area contributed by atoms with Gasteiger partial charge in [0, 0.05) is 0 Å². The quantitative estimate of drug-likeness (QED) is 0.777. The normalized spacial score (nSPS) is 12.3. The predicted octanol–water partition coefficient (Wildman–Crippen LogP) is 3.17. The molecule has 6 heteroatoms. The molecule has 0 aromatic heterocycles. The average Bonchev–Trinajstić information content (AvgIpc) is 3.03. The fraction of sp³-hybridized carbons (Fsp3) is 0.364. The molecule has 150 valence electrons. The van der Waals surface area contributed by atoms with Gasteiger partial charge < -0.3 is 0 Å². The molecule has 1 N–H and O–H groups in total. The zero-order chi connectivity index (χ0) is 20.5. The van der Waals surface area contributed by atoms with Crippen LogP contribution in [0.2, 0.25) is 0 Å². The van der Waals surface area contributed by atoms with E-state index in [1.165, 1.54) is 30.4 Å². The Morgan fingerprint density at radius 3 is 2.18 bits per heavy atom. The standard InChI is InChI=1S/C11H13NO2.C11H15NO2/c1-3-8-4-5-9-7-11(13)12(14-2)10(9)6-8;1-3-9-4-6-10(7-5-9)8-11(13)12-14-2/h4-6H,3,7H2,1-2H3;4-7H,3,8H2,1-2H3,(H,12,13). The molecule has 0 unspecified atom stereocenters. The Bertz CT molecular complexity index is 803. The summed E-state index contributed by atoms with van der Waals surface area (Å²) in [5, 5.41) is 1.37. The van der Waals surface area contributed by atoms with E-state index in [2.05, 4.69) is 30.2 Å². The van der Waals surface area contributed by atoms with E-state index in [1.54, 1.807) is 0 Å². The number of nitrogens with one attached hydrogen (secondary N) is 1. The van der Waals surface area contributed by atoms with Crippen LogP contribution >= 0.6 is 0 Å². The van der Waals surface area contributed by atoms with Gasteiger partial charge >= 0.3 is 0 Å². The topological polar surface area (TPSA) is 67.9 Å². The molecule has 2 aromatic rings. The molecule has 2 aromatic carbocycles. The number of hydroxylamine groups is 2. The minimum Gasteiger partial charge on any atom is -0.277 e. The van der Waals surface area contributed by atoms with E-state index in [4.69, 9.17) is 4.84 Å². The van der Waals surface area contributed by atoms with Crippen molar-refractivity contribution in [3.8, 4) is 0 Å². The minimum atomic E-state index is -0.128. The smallest absolute Gasteiger partial charge is 0.255 e. The molecule has 28 heavy (non-hydrogen) atoms. The third-order valence-electron chi connectivity index (χ3n) is 4.54. The monoisotopic (exact) mass is 384 g/mol. The summed E-state index contributed by atoms with van der Waals surface area (Å²) in [6, 6.07) is 14.1. The van der Waals surface area contributed by atoms with Crippen LogP contribution in [0.5, 0.6) is 0 Å². The maximum Gasteiger partial charge on any atom is 0.255 e. The maximum absolute atomic E-state index is 11.5. The van der Waals surface area contributed by atoms with Crippen LogP contribution < -0.4 is 10.5 Å². The molecule has 2 amide bonds. The number of nitrogens with zero attached hydrogens (tertiary/aromatic N) is 1. The van der Waals surface area contributed by atoms with Crippen LogP contribution in [0.1, 0.15) is 36.1 Å². The van der Waals surface area contributed by atoms with Gasteiger partial charge in [0.15, 0.2) is 0 Å². The van der Waals surface area contributed by atoms with E-state index in [1.807, 2.05) is 36.4 Å². The lowest BCUT2D eigenvalue weighted by Gasteiger charge is -2.13. The Labute approximate surface area is 166 Å². The Morgan fingerprint density at radius 2 is 1.61 bits per heavy atom. The van der Waals surface area contributed by atoms with Gasteiger partial charge in [-0.05, 0) is 41.2 Å². The van der Waals surface area contributed by atoms with Crippen molar-refractivity contribution < 1.29 is 19.3 Å². The van der Waals surface area contributed by atoms with Crippen molar-refractivity contribution in [2.45, 2.75) is 39.5 Å². The maximum atomic E-state index is 11.5. The molecule has 1 aliphatic heterocycles. The zero-order valence-electron chi connectivity index (χ0n) is 17.0. The molecule has 0 radical (unpaired) electrons. The highest BCUT2D eigenvalue weighted by atomic mass is 16.7. The minimum absolute atomic E-state index is 0.00996. The molecule has 0 saturated carbocycles.